The molecule has 1 aromatic carbocycles. The minimum atomic E-state index is 0.281. The summed E-state index contributed by atoms with van der Waals surface area (Å²) in [6, 6.07) is 11.8. The van der Waals surface area contributed by atoms with Gasteiger partial charge < -0.3 is 10.4 Å². The second-order valence-corrected chi connectivity index (χ2v) is 4.86. The van der Waals surface area contributed by atoms with Crippen molar-refractivity contribution in [1.29, 1.82) is 0 Å². The van der Waals surface area contributed by atoms with Crippen LogP contribution >= 0.6 is 0 Å². The van der Waals surface area contributed by atoms with Crippen LogP contribution in [0.15, 0.2) is 30.3 Å². The smallest absolute Gasteiger partial charge is 0.0445 e. The van der Waals surface area contributed by atoms with Crippen LogP contribution in [0.5, 0.6) is 0 Å². The molecular formula is C14H21NO. The van der Waals surface area contributed by atoms with Crippen LogP contribution in [-0.2, 0) is 0 Å². The van der Waals surface area contributed by atoms with Crippen molar-refractivity contribution >= 4 is 0 Å². The van der Waals surface area contributed by atoms with Crippen molar-refractivity contribution < 1.29 is 5.11 Å². The maximum absolute atomic E-state index is 8.83. The van der Waals surface area contributed by atoms with Gasteiger partial charge in [0, 0.05) is 18.7 Å². The summed E-state index contributed by atoms with van der Waals surface area (Å²) >= 11 is 0. The lowest BCUT2D eigenvalue weighted by Gasteiger charge is -2.38. The number of nitrogens with one attached hydrogen (secondary N) is 1. The Morgan fingerprint density at radius 2 is 2.00 bits per heavy atom. The van der Waals surface area contributed by atoms with E-state index in [1.54, 1.807) is 0 Å². The maximum atomic E-state index is 8.83. The van der Waals surface area contributed by atoms with Gasteiger partial charge in [-0.3, -0.25) is 0 Å². The number of hydrogen-bond acceptors (Lipinski definition) is 2. The molecule has 0 spiro atoms. The zero-order valence-electron chi connectivity index (χ0n) is 9.89. The zero-order chi connectivity index (χ0) is 11.4. The molecule has 1 atom stereocenters. The van der Waals surface area contributed by atoms with Crippen molar-refractivity contribution in [1.82, 2.24) is 5.32 Å². The van der Waals surface area contributed by atoms with E-state index in [2.05, 4.69) is 42.6 Å². The van der Waals surface area contributed by atoms with E-state index < -0.39 is 0 Å². The van der Waals surface area contributed by atoms with Gasteiger partial charge >= 0.3 is 0 Å². The molecule has 16 heavy (non-hydrogen) atoms. The summed E-state index contributed by atoms with van der Waals surface area (Å²) in [5.41, 5.74) is 1.47. The first-order chi connectivity index (χ1) is 7.79. The molecule has 0 bridgehead atoms. The monoisotopic (exact) mass is 219 g/mol. The topological polar surface area (TPSA) is 32.3 Å². The van der Waals surface area contributed by atoms with Gasteiger partial charge in [-0.25, -0.2) is 0 Å². The van der Waals surface area contributed by atoms with Crippen LogP contribution in [0, 0.1) is 0 Å². The van der Waals surface area contributed by atoms with Gasteiger partial charge in [-0.15, -0.1) is 0 Å². The number of hydrogen-bond donors (Lipinski definition) is 2. The summed E-state index contributed by atoms with van der Waals surface area (Å²) in [5, 5.41) is 12.4. The van der Waals surface area contributed by atoms with E-state index in [4.69, 9.17) is 5.11 Å². The third-order valence-electron chi connectivity index (χ3n) is 3.49. The first-order valence-corrected chi connectivity index (χ1v) is 6.21. The highest BCUT2D eigenvalue weighted by Crippen LogP contribution is 2.36. The number of benzene rings is 1. The summed E-state index contributed by atoms with van der Waals surface area (Å²) in [5.74, 6) is 0.736. The third kappa shape index (κ3) is 2.83. The molecular weight excluding hydrogens is 198 g/mol. The van der Waals surface area contributed by atoms with Crippen LogP contribution in [0.1, 0.15) is 37.7 Å². The van der Waals surface area contributed by atoms with Gasteiger partial charge in [0.15, 0.2) is 0 Å². The fourth-order valence-electron chi connectivity index (χ4n) is 2.43. The molecule has 2 N–H and O–H groups in total. The zero-order valence-corrected chi connectivity index (χ0v) is 9.89. The Morgan fingerprint density at radius 1 is 1.31 bits per heavy atom. The molecule has 0 saturated heterocycles. The van der Waals surface area contributed by atoms with E-state index in [9.17, 15) is 0 Å². The van der Waals surface area contributed by atoms with Crippen molar-refractivity contribution in [3.8, 4) is 0 Å². The van der Waals surface area contributed by atoms with Gasteiger partial charge in [0.1, 0.15) is 0 Å². The van der Waals surface area contributed by atoms with E-state index in [0.717, 1.165) is 12.3 Å². The average molecular weight is 219 g/mol. The van der Waals surface area contributed by atoms with Crippen molar-refractivity contribution in [2.24, 2.45) is 0 Å². The average Bonchev–Trinajstić information content (AvgIpc) is 2.24. The van der Waals surface area contributed by atoms with Crippen LogP contribution < -0.4 is 5.32 Å². The third-order valence-corrected chi connectivity index (χ3v) is 3.49. The lowest BCUT2D eigenvalue weighted by Crippen LogP contribution is -2.44. The standard InChI is InChI=1S/C14H21NO/c1-11(7-8-16)15-14-9-13(10-14)12-5-3-2-4-6-12/h2-6,11,13-16H,7-10H2,1H3. The van der Waals surface area contributed by atoms with E-state index in [1.807, 2.05) is 0 Å². The number of rotatable bonds is 5. The molecule has 1 unspecified atom stereocenters. The summed E-state index contributed by atoms with van der Waals surface area (Å²) in [6.07, 6.45) is 3.33. The molecule has 1 saturated carbocycles. The minimum absolute atomic E-state index is 0.281. The Labute approximate surface area is 97.7 Å². The molecule has 0 aromatic heterocycles. The van der Waals surface area contributed by atoms with Crippen LogP contribution in [0.4, 0.5) is 0 Å². The Kier molecular flexibility index (Phi) is 3.97. The molecule has 2 heteroatoms. The lowest BCUT2D eigenvalue weighted by atomic mass is 9.75. The van der Waals surface area contributed by atoms with Crippen molar-refractivity contribution in [2.45, 2.75) is 44.2 Å². The molecule has 1 aliphatic rings. The predicted molar refractivity (Wildman–Crippen MR) is 66.5 cm³/mol. The largest absolute Gasteiger partial charge is 0.396 e. The van der Waals surface area contributed by atoms with Gasteiger partial charge in [-0.1, -0.05) is 30.3 Å². The number of aliphatic hydroxyl groups excluding tert-OH is 1. The summed E-state index contributed by atoms with van der Waals surface area (Å²) in [4.78, 5) is 0. The van der Waals surface area contributed by atoms with Gasteiger partial charge in [-0.2, -0.15) is 0 Å². The first kappa shape index (κ1) is 11.6. The Hall–Kier alpha value is -0.860. The Balaban J connectivity index is 1.74. The van der Waals surface area contributed by atoms with Gasteiger partial charge in [-0.05, 0) is 37.7 Å². The van der Waals surface area contributed by atoms with E-state index >= 15 is 0 Å². The Morgan fingerprint density at radius 3 is 2.62 bits per heavy atom. The van der Waals surface area contributed by atoms with Crippen LogP contribution in [-0.4, -0.2) is 23.8 Å². The molecule has 2 nitrogen and oxygen atoms in total. The summed E-state index contributed by atoms with van der Waals surface area (Å²) in [7, 11) is 0. The molecule has 0 radical (unpaired) electrons. The van der Waals surface area contributed by atoms with E-state index in [0.29, 0.717) is 12.1 Å². The van der Waals surface area contributed by atoms with E-state index in [1.165, 1.54) is 18.4 Å². The maximum Gasteiger partial charge on any atom is 0.0445 e. The number of aliphatic hydroxyl groups is 1. The van der Waals surface area contributed by atoms with Gasteiger partial charge in [0.05, 0.1) is 0 Å². The van der Waals surface area contributed by atoms with Crippen LogP contribution in [0.3, 0.4) is 0 Å². The fraction of sp³-hybridized carbons (Fsp3) is 0.571. The normalized spacial score (nSPS) is 26.1. The summed E-state index contributed by atoms with van der Waals surface area (Å²) in [6.45, 7) is 2.43. The molecule has 2 rings (SSSR count). The highest BCUT2D eigenvalue weighted by molar-refractivity contribution is 5.22. The highest BCUT2D eigenvalue weighted by atomic mass is 16.3. The second-order valence-electron chi connectivity index (χ2n) is 4.86. The molecule has 0 heterocycles. The molecule has 1 fully saturated rings. The quantitative estimate of drug-likeness (QED) is 0.796. The fourth-order valence-corrected chi connectivity index (χ4v) is 2.43. The second kappa shape index (κ2) is 5.46. The molecule has 0 aliphatic heterocycles. The molecule has 1 aromatic rings. The van der Waals surface area contributed by atoms with Crippen molar-refractivity contribution in [2.75, 3.05) is 6.61 Å². The first-order valence-electron chi connectivity index (χ1n) is 6.21. The van der Waals surface area contributed by atoms with Crippen LogP contribution in [0.2, 0.25) is 0 Å². The SMILES string of the molecule is CC(CCO)NC1CC(c2ccccc2)C1. The predicted octanol–water partition coefficient (Wildman–Crippen LogP) is 2.29. The highest BCUT2D eigenvalue weighted by Gasteiger charge is 2.30. The van der Waals surface area contributed by atoms with Crippen LogP contribution in [0.25, 0.3) is 0 Å². The molecule has 88 valence electrons. The van der Waals surface area contributed by atoms with Gasteiger partial charge in [0.25, 0.3) is 0 Å². The minimum Gasteiger partial charge on any atom is -0.396 e. The lowest BCUT2D eigenvalue weighted by molar-refractivity contribution is 0.230. The molecule has 0 amide bonds. The van der Waals surface area contributed by atoms with Crippen molar-refractivity contribution in [3.63, 3.8) is 0 Å². The summed E-state index contributed by atoms with van der Waals surface area (Å²) < 4.78 is 0. The van der Waals surface area contributed by atoms with E-state index in [-0.39, 0.29) is 6.61 Å². The molecule has 1 aliphatic carbocycles. The Bertz CT molecular complexity index is 306. The van der Waals surface area contributed by atoms with Gasteiger partial charge in [0.2, 0.25) is 0 Å². The van der Waals surface area contributed by atoms with Crippen molar-refractivity contribution in [3.05, 3.63) is 35.9 Å².